The lowest BCUT2D eigenvalue weighted by Crippen LogP contribution is -2.31. The molecule has 2 nitrogen and oxygen atoms in total. The summed E-state index contributed by atoms with van der Waals surface area (Å²) in [6, 6.07) is 6.43. The third kappa shape index (κ3) is 4.27. The van der Waals surface area contributed by atoms with E-state index in [2.05, 4.69) is 9.89 Å². The Labute approximate surface area is 102 Å². The first-order valence-electron chi connectivity index (χ1n) is 6.32. The highest BCUT2D eigenvalue weighted by atomic mass is 19.1. The van der Waals surface area contributed by atoms with Crippen LogP contribution in [0.5, 0.6) is 0 Å². The third-order valence-electron chi connectivity index (χ3n) is 3.10. The number of nitrogens with zero attached hydrogens (tertiary/aromatic N) is 2. The molecule has 0 bridgehead atoms. The van der Waals surface area contributed by atoms with Crippen molar-refractivity contribution >= 4 is 6.21 Å². The molecular formula is C14H19FN2. The van der Waals surface area contributed by atoms with Crippen LogP contribution in [0.3, 0.4) is 0 Å². The molecule has 1 fully saturated rings. The molecule has 0 N–H and O–H groups in total. The second kappa shape index (κ2) is 6.50. The fourth-order valence-corrected chi connectivity index (χ4v) is 2.10. The molecule has 17 heavy (non-hydrogen) atoms. The number of rotatable bonds is 4. The van der Waals surface area contributed by atoms with E-state index in [1.165, 1.54) is 44.5 Å². The van der Waals surface area contributed by atoms with Gasteiger partial charge in [0.2, 0.25) is 0 Å². The molecular weight excluding hydrogens is 215 g/mol. The molecule has 1 aromatic carbocycles. The molecule has 92 valence electrons. The summed E-state index contributed by atoms with van der Waals surface area (Å²) in [4.78, 5) is 6.84. The highest BCUT2D eigenvalue weighted by Crippen LogP contribution is 2.07. The summed E-state index contributed by atoms with van der Waals surface area (Å²) in [5.74, 6) is -0.199. The minimum absolute atomic E-state index is 0.199. The van der Waals surface area contributed by atoms with Gasteiger partial charge in [-0.1, -0.05) is 18.6 Å². The summed E-state index contributed by atoms with van der Waals surface area (Å²) in [5, 5.41) is 0. The van der Waals surface area contributed by atoms with Crippen molar-refractivity contribution < 1.29 is 4.39 Å². The van der Waals surface area contributed by atoms with E-state index in [-0.39, 0.29) is 5.82 Å². The van der Waals surface area contributed by atoms with Gasteiger partial charge in [-0.2, -0.15) is 0 Å². The van der Waals surface area contributed by atoms with Crippen molar-refractivity contribution in [1.82, 2.24) is 4.90 Å². The van der Waals surface area contributed by atoms with Crippen LogP contribution in [0.1, 0.15) is 24.8 Å². The Bertz CT molecular complexity index is 353. The van der Waals surface area contributed by atoms with E-state index in [1.807, 2.05) is 6.21 Å². The molecule has 0 saturated carbocycles. The van der Waals surface area contributed by atoms with E-state index in [0.29, 0.717) is 0 Å². The number of benzene rings is 1. The zero-order valence-electron chi connectivity index (χ0n) is 10.1. The van der Waals surface area contributed by atoms with E-state index in [9.17, 15) is 4.39 Å². The summed E-state index contributed by atoms with van der Waals surface area (Å²) < 4.78 is 12.7. The number of hydrogen-bond donors (Lipinski definition) is 0. The molecule has 1 aliphatic rings. The molecule has 0 aliphatic carbocycles. The molecule has 1 aliphatic heterocycles. The Balaban J connectivity index is 1.72. The lowest BCUT2D eigenvalue weighted by atomic mass is 10.1. The first-order valence-corrected chi connectivity index (χ1v) is 6.32. The standard InChI is InChI=1S/C14H19FN2/c15-14-6-4-13(5-7-14)12-16-8-11-17-9-2-1-3-10-17/h4-7,12H,1-3,8-11H2. The fourth-order valence-electron chi connectivity index (χ4n) is 2.10. The minimum Gasteiger partial charge on any atom is -0.301 e. The second-order valence-electron chi connectivity index (χ2n) is 4.49. The van der Waals surface area contributed by atoms with Gasteiger partial charge in [0.05, 0.1) is 6.54 Å². The molecule has 0 spiro atoms. The highest BCUT2D eigenvalue weighted by molar-refractivity contribution is 5.79. The normalized spacial score (nSPS) is 17.7. The first-order chi connectivity index (χ1) is 8.34. The maximum absolute atomic E-state index is 12.7. The monoisotopic (exact) mass is 234 g/mol. The van der Waals surface area contributed by atoms with Crippen molar-refractivity contribution in [2.45, 2.75) is 19.3 Å². The van der Waals surface area contributed by atoms with E-state index < -0.39 is 0 Å². The summed E-state index contributed by atoms with van der Waals surface area (Å²) in [6.45, 7) is 4.30. The summed E-state index contributed by atoms with van der Waals surface area (Å²) >= 11 is 0. The van der Waals surface area contributed by atoms with Crippen molar-refractivity contribution in [3.8, 4) is 0 Å². The van der Waals surface area contributed by atoms with E-state index in [0.717, 1.165) is 18.7 Å². The Morgan fingerprint density at radius 1 is 1.12 bits per heavy atom. The van der Waals surface area contributed by atoms with Gasteiger partial charge in [0.25, 0.3) is 0 Å². The largest absolute Gasteiger partial charge is 0.301 e. The smallest absolute Gasteiger partial charge is 0.123 e. The number of hydrogen-bond acceptors (Lipinski definition) is 2. The Kier molecular flexibility index (Phi) is 4.68. The van der Waals surface area contributed by atoms with E-state index in [4.69, 9.17) is 0 Å². The van der Waals surface area contributed by atoms with Crippen molar-refractivity contribution in [1.29, 1.82) is 0 Å². The number of halogens is 1. The summed E-state index contributed by atoms with van der Waals surface area (Å²) in [5.41, 5.74) is 0.963. The average Bonchev–Trinajstić information content (AvgIpc) is 2.38. The van der Waals surface area contributed by atoms with Crippen LogP contribution in [0, 0.1) is 5.82 Å². The average molecular weight is 234 g/mol. The quantitative estimate of drug-likeness (QED) is 0.731. The topological polar surface area (TPSA) is 15.6 Å². The van der Waals surface area contributed by atoms with Gasteiger partial charge < -0.3 is 4.90 Å². The predicted octanol–water partition coefficient (Wildman–Crippen LogP) is 2.73. The molecule has 1 aromatic rings. The fraction of sp³-hybridized carbons (Fsp3) is 0.500. The molecule has 0 radical (unpaired) electrons. The van der Waals surface area contributed by atoms with Gasteiger partial charge in [-0.25, -0.2) is 4.39 Å². The maximum Gasteiger partial charge on any atom is 0.123 e. The van der Waals surface area contributed by atoms with Crippen LogP contribution in [-0.4, -0.2) is 37.3 Å². The van der Waals surface area contributed by atoms with Crippen molar-refractivity contribution in [2.75, 3.05) is 26.2 Å². The van der Waals surface area contributed by atoms with Crippen LogP contribution in [0.4, 0.5) is 4.39 Å². The molecule has 1 saturated heterocycles. The van der Waals surface area contributed by atoms with Gasteiger partial charge in [-0.05, 0) is 43.6 Å². The van der Waals surface area contributed by atoms with Crippen LogP contribution in [0.15, 0.2) is 29.3 Å². The molecule has 0 atom stereocenters. The Hall–Kier alpha value is -1.22. The van der Waals surface area contributed by atoms with Gasteiger partial charge >= 0.3 is 0 Å². The first kappa shape index (κ1) is 12.2. The third-order valence-corrected chi connectivity index (χ3v) is 3.10. The van der Waals surface area contributed by atoms with Gasteiger partial charge in [0, 0.05) is 12.8 Å². The van der Waals surface area contributed by atoms with Crippen LogP contribution in [0.2, 0.25) is 0 Å². The lowest BCUT2D eigenvalue weighted by molar-refractivity contribution is 0.235. The molecule has 3 heteroatoms. The van der Waals surface area contributed by atoms with Crippen molar-refractivity contribution in [2.24, 2.45) is 4.99 Å². The van der Waals surface area contributed by atoms with Gasteiger partial charge in [0.1, 0.15) is 5.82 Å². The van der Waals surface area contributed by atoms with Gasteiger partial charge in [-0.3, -0.25) is 4.99 Å². The van der Waals surface area contributed by atoms with Crippen molar-refractivity contribution in [3.63, 3.8) is 0 Å². The van der Waals surface area contributed by atoms with Crippen molar-refractivity contribution in [3.05, 3.63) is 35.6 Å². The Morgan fingerprint density at radius 2 is 1.82 bits per heavy atom. The lowest BCUT2D eigenvalue weighted by Gasteiger charge is -2.25. The van der Waals surface area contributed by atoms with E-state index >= 15 is 0 Å². The zero-order valence-corrected chi connectivity index (χ0v) is 10.1. The van der Waals surface area contributed by atoms with Crippen LogP contribution >= 0.6 is 0 Å². The molecule has 0 amide bonds. The van der Waals surface area contributed by atoms with Crippen LogP contribution in [-0.2, 0) is 0 Å². The minimum atomic E-state index is -0.199. The highest BCUT2D eigenvalue weighted by Gasteiger charge is 2.08. The summed E-state index contributed by atoms with van der Waals surface area (Å²) in [7, 11) is 0. The molecule has 2 rings (SSSR count). The SMILES string of the molecule is Fc1ccc(C=NCCN2CCCCC2)cc1. The maximum atomic E-state index is 12.7. The second-order valence-corrected chi connectivity index (χ2v) is 4.49. The van der Waals surface area contributed by atoms with Crippen LogP contribution in [0.25, 0.3) is 0 Å². The Morgan fingerprint density at radius 3 is 2.53 bits per heavy atom. The number of likely N-dealkylation sites (tertiary alicyclic amines) is 1. The molecule has 0 aromatic heterocycles. The number of aliphatic imine (C=N–C) groups is 1. The van der Waals surface area contributed by atoms with Gasteiger partial charge in [-0.15, -0.1) is 0 Å². The van der Waals surface area contributed by atoms with Crippen LogP contribution < -0.4 is 0 Å². The van der Waals surface area contributed by atoms with E-state index in [1.54, 1.807) is 12.1 Å². The predicted molar refractivity (Wildman–Crippen MR) is 69.2 cm³/mol. The number of piperidine rings is 1. The molecule has 0 unspecified atom stereocenters. The summed E-state index contributed by atoms with van der Waals surface area (Å²) in [6.07, 6.45) is 5.84. The molecule has 1 heterocycles. The zero-order chi connectivity index (χ0) is 11.9. The van der Waals surface area contributed by atoms with Gasteiger partial charge in [0.15, 0.2) is 0 Å².